The van der Waals surface area contributed by atoms with Crippen LogP contribution in [0.3, 0.4) is 0 Å². The summed E-state index contributed by atoms with van der Waals surface area (Å²) >= 11 is 0. The van der Waals surface area contributed by atoms with Crippen molar-refractivity contribution in [2.45, 2.75) is 45.9 Å². The van der Waals surface area contributed by atoms with E-state index in [1.54, 1.807) is 0 Å². The van der Waals surface area contributed by atoms with E-state index in [2.05, 4.69) is 18.7 Å². The van der Waals surface area contributed by atoms with Crippen LogP contribution >= 0.6 is 0 Å². The number of ether oxygens (including phenoxy) is 2. The highest BCUT2D eigenvalue weighted by Crippen LogP contribution is 2.22. The molecule has 118 valence electrons. The maximum atomic E-state index is 10.2. The molecular formula is C17H27NO3. The summed E-state index contributed by atoms with van der Waals surface area (Å²) in [6, 6.07) is 6.42. The largest absolute Gasteiger partial charge is 0.490 e. The zero-order valence-electron chi connectivity index (χ0n) is 13.5. The molecule has 4 nitrogen and oxygen atoms in total. The summed E-state index contributed by atoms with van der Waals surface area (Å²) in [6.45, 7) is 10.8. The van der Waals surface area contributed by atoms with Crippen molar-refractivity contribution in [3.8, 4) is 5.75 Å². The van der Waals surface area contributed by atoms with Gasteiger partial charge in [0.25, 0.3) is 0 Å². The van der Waals surface area contributed by atoms with E-state index in [1.807, 2.05) is 32.0 Å². The van der Waals surface area contributed by atoms with Gasteiger partial charge in [0.1, 0.15) is 18.5 Å². The van der Waals surface area contributed by atoms with Crippen LogP contribution in [0.5, 0.6) is 5.75 Å². The van der Waals surface area contributed by atoms with Crippen molar-refractivity contribution in [1.82, 2.24) is 4.90 Å². The lowest BCUT2D eigenvalue weighted by Crippen LogP contribution is -2.50. The Morgan fingerprint density at radius 2 is 2.00 bits per heavy atom. The van der Waals surface area contributed by atoms with E-state index in [1.165, 1.54) is 0 Å². The predicted octanol–water partition coefficient (Wildman–Crippen LogP) is 2.15. The van der Waals surface area contributed by atoms with Crippen molar-refractivity contribution in [1.29, 1.82) is 0 Å². The predicted molar refractivity (Wildman–Crippen MR) is 83.9 cm³/mol. The number of aliphatic hydroxyl groups is 1. The van der Waals surface area contributed by atoms with Crippen LogP contribution in [-0.4, -0.2) is 54.6 Å². The van der Waals surface area contributed by atoms with Crippen molar-refractivity contribution >= 4 is 0 Å². The minimum atomic E-state index is -0.489. The molecule has 0 spiro atoms. The molecule has 2 rings (SSSR count). The van der Waals surface area contributed by atoms with Crippen LogP contribution < -0.4 is 4.74 Å². The Bertz CT molecular complexity index is 443. The third kappa shape index (κ3) is 4.43. The fraction of sp³-hybridized carbons (Fsp3) is 0.647. The van der Waals surface area contributed by atoms with E-state index in [4.69, 9.17) is 9.47 Å². The third-order valence-corrected chi connectivity index (χ3v) is 4.01. The molecule has 0 bridgehead atoms. The number of morpholine rings is 1. The Kier molecular flexibility index (Phi) is 5.62. The van der Waals surface area contributed by atoms with Gasteiger partial charge in [-0.25, -0.2) is 0 Å². The second-order valence-electron chi connectivity index (χ2n) is 6.13. The third-order valence-electron chi connectivity index (χ3n) is 4.01. The van der Waals surface area contributed by atoms with Crippen LogP contribution in [0.15, 0.2) is 18.2 Å². The van der Waals surface area contributed by atoms with E-state index < -0.39 is 6.10 Å². The average molecular weight is 293 g/mol. The Morgan fingerprint density at radius 1 is 1.33 bits per heavy atom. The highest BCUT2D eigenvalue weighted by Gasteiger charge is 2.25. The van der Waals surface area contributed by atoms with Crippen molar-refractivity contribution in [3.63, 3.8) is 0 Å². The summed E-state index contributed by atoms with van der Waals surface area (Å²) in [6.07, 6.45) is -0.260. The highest BCUT2D eigenvalue weighted by molar-refractivity contribution is 5.39. The fourth-order valence-electron chi connectivity index (χ4n) is 2.76. The van der Waals surface area contributed by atoms with E-state index in [9.17, 15) is 5.11 Å². The molecule has 0 saturated carbocycles. The van der Waals surface area contributed by atoms with Crippen LogP contribution in [0.2, 0.25) is 0 Å². The Labute approximate surface area is 127 Å². The van der Waals surface area contributed by atoms with Gasteiger partial charge in [0.2, 0.25) is 0 Å². The van der Waals surface area contributed by atoms with Gasteiger partial charge in [-0.15, -0.1) is 0 Å². The molecule has 1 aromatic rings. The maximum Gasteiger partial charge on any atom is 0.125 e. The SMILES string of the molecule is Cc1cccc(C)c1OCC(O)CN1CC(C)OCC1C. The van der Waals surface area contributed by atoms with E-state index >= 15 is 0 Å². The van der Waals surface area contributed by atoms with Crippen LogP contribution in [-0.2, 0) is 4.74 Å². The molecule has 0 amide bonds. The number of benzene rings is 1. The normalized spacial score (nSPS) is 24.8. The van der Waals surface area contributed by atoms with E-state index in [0.29, 0.717) is 19.2 Å². The number of hydrogen-bond donors (Lipinski definition) is 1. The van der Waals surface area contributed by atoms with Crippen molar-refractivity contribution < 1.29 is 14.6 Å². The van der Waals surface area contributed by atoms with Gasteiger partial charge in [-0.2, -0.15) is 0 Å². The first-order chi connectivity index (χ1) is 9.97. The first kappa shape index (κ1) is 16.3. The topological polar surface area (TPSA) is 41.9 Å². The van der Waals surface area contributed by atoms with Gasteiger partial charge in [0.05, 0.1) is 12.7 Å². The lowest BCUT2D eigenvalue weighted by Gasteiger charge is -2.37. The van der Waals surface area contributed by atoms with E-state index in [0.717, 1.165) is 30.0 Å². The standard InChI is InChI=1S/C17H27NO3/c1-12-6-5-7-13(2)17(12)21-11-16(19)9-18-8-15(4)20-10-14(18)3/h5-7,14-16,19H,8-11H2,1-4H3. The number of β-amino-alcohol motifs (C(OH)–C–C–N with tert-alkyl or cyclic N) is 1. The van der Waals surface area contributed by atoms with Gasteiger partial charge in [-0.1, -0.05) is 18.2 Å². The van der Waals surface area contributed by atoms with Gasteiger partial charge < -0.3 is 14.6 Å². The Hall–Kier alpha value is -1.10. The van der Waals surface area contributed by atoms with Gasteiger partial charge in [-0.05, 0) is 38.8 Å². The first-order valence-corrected chi connectivity index (χ1v) is 7.70. The minimum Gasteiger partial charge on any atom is -0.490 e. The fourth-order valence-corrected chi connectivity index (χ4v) is 2.76. The number of aryl methyl sites for hydroxylation is 2. The summed E-state index contributed by atoms with van der Waals surface area (Å²) in [4.78, 5) is 2.27. The monoisotopic (exact) mass is 293 g/mol. The quantitative estimate of drug-likeness (QED) is 0.903. The molecule has 0 aliphatic carbocycles. The first-order valence-electron chi connectivity index (χ1n) is 7.70. The van der Waals surface area contributed by atoms with Crippen molar-refractivity contribution in [2.75, 3.05) is 26.3 Å². The number of nitrogens with zero attached hydrogens (tertiary/aromatic N) is 1. The molecule has 21 heavy (non-hydrogen) atoms. The van der Waals surface area contributed by atoms with Crippen molar-refractivity contribution in [2.24, 2.45) is 0 Å². The summed E-state index contributed by atoms with van der Waals surface area (Å²) in [7, 11) is 0. The molecular weight excluding hydrogens is 266 g/mol. The molecule has 1 fully saturated rings. The zero-order chi connectivity index (χ0) is 15.4. The molecule has 1 aliphatic rings. The summed E-state index contributed by atoms with van der Waals surface area (Å²) in [5, 5.41) is 10.2. The lowest BCUT2D eigenvalue weighted by molar-refractivity contribution is -0.0650. The van der Waals surface area contributed by atoms with Gasteiger partial charge >= 0.3 is 0 Å². The molecule has 1 aromatic carbocycles. The van der Waals surface area contributed by atoms with Gasteiger partial charge in [0, 0.05) is 19.1 Å². The minimum absolute atomic E-state index is 0.230. The van der Waals surface area contributed by atoms with Crippen LogP contribution in [0.4, 0.5) is 0 Å². The molecule has 1 aliphatic heterocycles. The summed E-state index contributed by atoms with van der Waals surface area (Å²) in [5.74, 6) is 0.889. The number of aliphatic hydroxyl groups excluding tert-OH is 1. The smallest absolute Gasteiger partial charge is 0.125 e. The van der Waals surface area contributed by atoms with Gasteiger partial charge in [-0.3, -0.25) is 4.90 Å². The van der Waals surface area contributed by atoms with Crippen molar-refractivity contribution in [3.05, 3.63) is 29.3 Å². The lowest BCUT2D eigenvalue weighted by atomic mass is 10.1. The maximum absolute atomic E-state index is 10.2. The number of hydrogen-bond acceptors (Lipinski definition) is 4. The number of para-hydroxylation sites is 1. The average Bonchev–Trinajstić information content (AvgIpc) is 2.42. The zero-order valence-corrected chi connectivity index (χ0v) is 13.5. The van der Waals surface area contributed by atoms with Crippen LogP contribution in [0.25, 0.3) is 0 Å². The summed E-state index contributed by atoms with van der Waals surface area (Å²) < 4.78 is 11.4. The molecule has 1 N–H and O–H groups in total. The van der Waals surface area contributed by atoms with E-state index in [-0.39, 0.29) is 6.10 Å². The van der Waals surface area contributed by atoms with Gasteiger partial charge in [0.15, 0.2) is 0 Å². The second-order valence-corrected chi connectivity index (χ2v) is 6.13. The van der Waals surface area contributed by atoms with Crippen LogP contribution in [0, 0.1) is 13.8 Å². The number of rotatable bonds is 5. The molecule has 3 atom stereocenters. The Balaban J connectivity index is 1.86. The second kappa shape index (κ2) is 7.25. The molecule has 1 heterocycles. The molecule has 4 heteroatoms. The molecule has 3 unspecified atom stereocenters. The highest BCUT2D eigenvalue weighted by atomic mass is 16.5. The molecule has 1 saturated heterocycles. The Morgan fingerprint density at radius 3 is 2.67 bits per heavy atom. The summed E-state index contributed by atoms with van der Waals surface area (Å²) in [5.41, 5.74) is 2.21. The van der Waals surface area contributed by atoms with Crippen LogP contribution in [0.1, 0.15) is 25.0 Å². The molecule has 0 aromatic heterocycles. The molecule has 0 radical (unpaired) electrons.